The summed E-state index contributed by atoms with van der Waals surface area (Å²) in [5, 5.41) is 3.25. The minimum atomic E-state index is -0.448. The lowest BCUT2D eigenvalue weighted by molar-refractivity contribution is -0.0367. The maximum atomic E-state index is 13.8. The lowest BCUT2D eigenvalue weighted by Crippen LogP contribution is -2.47. The van der Waals surface area contributed by atoms with Crippen LogP contribution in [0.25, 0.3) is 0 Å². The fourth-order valence-electron chi connectivity index (χ4n) is 3.50. The van der Waals surface area contributed by atoms with Gasteiger partial charge in [0, 0.05) is 31.8 Å². The van der Waals surface area contributed by atoms with Crippen molar-refractivity contribution >= 4 is 29.9 Å². The first-order chi connectivity index (χ1) is 13.2. The Bertz CT molecular complexity index is 634. The average molecular weight is 509 g/mol. The van der Waals surface area contributed by atoms with Crippen molar-refractivity contribution in [3.05, 3.63) is 35.4 Å². The van der Waals surface area contributed by atoms with E-state index in [-0.39, 0.29) is 48.3 Å². The van der Waals surface area contributed by atoms with Gasteiger partial charge in [-0.3, -0.25) is 0 Å². The summed E-state index contributed by atoms with van der Waals surface area (Å²) in [6.45, 7) is 6.01. The normalized spacial score (nSPS) is 20.9. The third-order valence-electron chi connectivity index (χ3n) is 5.03. The van der Waals surface area contributed by atoms with Crippen LogP contribution in [0.2, 0.25) is 0 Å². The largest absolute Gasteiger partial charge is 0.376 e. The number of hydrogen-bond acceptors (Lipinski definition) is 3. The molecule has 1 N–H and O–H groups in total. The Hall–Kier alpha value is -1.00. The molecule has 8 heteroatoms. The second-order valence-corrected chi connectivity index (χ2v) is 7.06. The summed E-state index contributed by atoms with van der Waals surface area (Å²) in [5.74, 6) is -0.146. The van der Waals surface area contributed by atoms with Gasteiger partial charge in [-0.05, 0) is 50.8 Å². The molecular weight excluding hydrogens is 479 g/mol. The van der Waals surface area contributed by atoms with E-state index < -0.39 is 11.6 Å². The molecule has 0 bridgehead atoms. The van der Waals surface area contributed by atoms with Gasteiger partial charge in [-0.2, -0.15) is 0 Å². The maximum absolute atomic E-state index is 13.8. The molecular formula is C20H30F2IN3O2. The number of aliphatic imine (C=N–C) groups is 1. The van der Waals surface area contributed by atoms with Gasteiger partial charge < -0.3 is 19.7 Å². The number of hydrogen-bond donors (Lipinski definition) is 1. The number of benzene rings is 1. The lowest BCUT2D eigenvalue weighted by Gasteiger charge is -2.34. The number of rotatable bonds is 6. The Morgan fingerprint density at radius 1 is 1.29 bits per heavy atom. The number of piperidine rings is 1. The van der Waals surface area contributed by atoms with E-state index in [2.05, 4.69) is 15.2 Å². The van der Waals surface area contributed by atoms with Gasteiger partial charge >= 0.3 is 0 Å². The Kier molecular flexibility index (Phi) is 9.87. The van der Waals surface area contributed by atoms with E-state index in [0.29, 0.717) is 6.61 Å². The highest BCUT2D eigenvalue weighted by atomic mass is 127. The molecule has 0 amide bonds. The quantitative estimate of drug-likeness (QED) is 0.361. The standard InChI is InChI=1S/C20H29F2N3O2.HI/c1-2-23-20(24-13-15-12-16(21)5-6-19(15)22)25-9-7-17(8-10-25)27-14-18-4-3-11-26-18;/h5-6,12,17-18H,2-4,7-11,13-14H2,1H3,(H,23,24);1H. The molecule has 1 aromatic carbocycles. The number of guanidine groups is 1. The third-order valence-corrected chi connectivity index (χ3v) is 5.03. The monoisotopic (exact) mass is 509 g/mol. The highest BCUT2D eigenvalue weighted by molar-refractivity contribution is 14.0. The summed E-state index contributed by atoms with van der Waals surface area (Å²) in [4.78, 5) is 6.67. The topological polar surface area (TPSA) is 46.1 Å². The molecule has 1 aromatic rings. The van der Waals surface area contributed by atoms with Crippen molar-refractivity contribution in [1.82, 2.24) is 10.2 Å². The number of halogens is 3. The summed E-state index contributed by atoms with van der Waals surface area (Å²) in [6.07, 6.45) is 4.56. The fourth-order valence-corrected chi connectivity index (χ4v) is 3.50. The van der Waals surface area contributed by atoms with E-state index in [1.54, 1.807) is 0 Å². The van der Waals surface area contributed by atoms with Crippen LogP contribution in [0.15, 0.2) is 23.2 Å². The molecule has 3 rings (SSSR count). The highest BCUT2D eigenvalue weighted by Crippen LogP contribution is 2.18. The predicted octanol–water partition coefficient (Wildman–Crippen LogP) is 3.71. The van der Waals surface area contributed by atoms with Crippen molar-refractivity contribution in [2.45, 2.75) is 51.4 Å². The third kappa shape index (κ3) is 6.81. The zero-order valence-electron chi connectivity index (χ0n) is 16.3. The molecule has 2 saturated heterocycles. The van der Waals surface area contributed by atoms with Crippen molar-refractivity contribution in [3.63, 3.8) is 0 Å². The van der Waals surface area contributed by atoms with Crippen molar-refractivity contribution in [2.24, 2.45) is 4.99 Å². The number of nitrogens with zero attached hydrogens (tertiary/aromatic N) is 2. The van der Waals surface area contributed by atoms with Crippen LogP contribution >= 0.6 is 24.0 Å². The molecule has 1 unspecified atom stereocenters. The first-order valence-electron chi connectivity index (χ1n) is 9.86. The first kappa shape index (κ1) is 23.3. The Morgan fingerprint density at radius 3 is 2.75 bits per heavy atom. The van der Waals surface area contributed by atoms with Crippen LogP contribution in [-0.2, 0) is 16.0 Å². The summed E-state index contributed by atoms with van der Waals surface area (Å²) >= 11 is 0. The fraction of sp³-hybridized carbons (Fsp3) is 0.650. The van der Waals surface area contributed by atoms with Crippen LogP contribution in [0, 0.1) is 11.6 Å². The van der Waals surface area contributed by atoms with Gasteiger partial charge in [-0.25, -0.2) is 13.8 Å². The zero-order valence-corrected chi connectivity index (χ0v) is 18.7. The molecule has 0 aliphatic carbocycles. The van der Waals surface area contributed by atoms with Crippen molar-refractivity contribution < 1.29 is 18.3 Å². The zero-order chi connectivity index (χ0) is 19.1. The first-order valence-corrected chi connectivity index (χ1v) is 9.86. The van der Waals surface area contributed by atoms with E-state index in [4.69, 9.17) is 9.47 Å². The smallest absolute Gasteiger partial charge is 0.194 e. The summed E-state index contributed by atoms with van der Waals surface area (Å²) in [5.41, 5.74) is 0.264. The minimum Gasteiger partial charge on any atom is -0.376 e. The van der Waals surface area contributed by atoms with Gasteiger partial charge in [0.2, 0.25) is 0 Å². The number of likely N-dealkylation sites (tertiary alicyclic amines) is 1. The number of ether oxygens (including phenoxy) is 2. The summed E-state index contributed by atoms with van der Waals surface area (Å²) in [6, 6.07) is 3.46. The van der Waals surface area contributed by atoms with Gasteiger partial charge in [0.25, 0.3) is 0 Å². The summed E-state index contributed by atoms with van der Waals surface area (Å²) < 4.78 is 38.8. The summed E-state index contributed by atoms with van der Waals surface area (Å²) in [7, 11) is 0. The van der Waals surface area contributed by atoms with Crippen LogP contribution in [0.3, 0.4) is 0 Å². The van der Waals surface area contributed by atoms with Crippen LogP contribution in [0.4, 0.5) is 8.78 Å². The van der Waals surface area contributed by atoms with E-state index >= 15 is 0 Å². The molecule has 0 saturated carbocycles. The van der Waals surface area contributed by atoms with Crippen molar-refractivity contribution in [3.8, 4) is 0 Å². The van der Waals surface area contributed by atoms with E-state index in [1.807, 2.05) is 6.92 Å². The molecule has 0 aromatic heterocycles. The van der Waals surface area contributed by atoms with Gasteiger partial charge in [-0.15, -0.1) is 24.0 Å². The van der Waals surface area contributed by atoms with Crippen molar-refractivity contribution in [1.29, 1.82) is 0 Å². The Labute approximate surface area is 182 Å². The molecule has 0 spiro atoms. The van der Waals surface area contributed by atoms with E-state index in [9.17, 15) is 8.78 Å². The van der Waals surface area contributed by atoms with Gasteiger partial charge in [-0.1, -0.05) is 0 Å². The van der Waals surface area contributed by atoms with Gasteiger partial charge in [0.05, 0.1) is 25.4 Å². The second-order valence-electron chi connectivity index (χ2n) is 7.06. The van der Waals surface area contributed by atoms with Crippen LogP contribution < -0.4 is 5.32 Å². The molecule has 2 aliphatic rings. The maximum Gasteiger partial charge on any atom is 0.194 e. The van der Waals surface area contributed by atoms with Crippen molar-refractivity contribution in [2.75, 3.05) is 32.8 Å². The highest BCUT2D eigenvalue weighted by Gasteiger charge is 2.24. The number of nitrogens with one attached hydrogen (secondary N) is 1. The van der Waals surface area contributed by atoms with E-state index in [1.165, 1.54) is 6.07 Å². The Balaban J connectivity index is 0.00000280. The average Bonchev–Trinajstić information content (AvgIpc) is 3.20. The molecule has 28 heavy (non-hydrogen) atoms. The minimum absolute atomic E-state index is 0. The molecule has 2 heterocycles. The second kappa shape index (κ2) is 11.9. The molecule has 2 aliphatic heterocycles. The molecule has 5 nitrogen and oxygen atoms in total. The van der Waals surface area contributed by atoms with Crippen LogP contribution in [0.1, 0.15) is 38.2 Å². The van der Waals surface area contributed by atoms with Gasteiger partial charge in [0.1, 0.15) is 11.6 Å². The molecule has 1 atom stereocenters. The van der Waals surface area contributed by atoms with Gasteiger partial charge in [0.15, 0.2) is 5.96 Å². The van der Waals surface area contributed by atoms with E-state index in [0.717, 1.165) is 70.0 Å². The molecule has 158 valence electrons. The Morgan fingerprint density at radius 2 is 2.07 bits per heavy atom. The molecule has 2 fully saturated rings. The van der Waals surface area contributed by atoms with Crippen LogP contribution in [-0.4, -0.2) is 55.9 Å². The van der Waals surface area contributed by atoms with Crippen LogP contribution in [0.5, 0.6) is 0 Å². The molecule has 0 radical (unpaired) electrons. The SMILES string of the molecule is CCNC(=NCc1cc(F)ccc1F)N1CCC(OCC2CCCO2)CC1.I. The lowest BCUT2D eigenvalue weighted by atomic mass is 10.1. The predicted molar refractivity (Wildman–Crippen MR) is 116 cm³/mol.